The third-order valence-electron chi connectivity index (χ3n) is 2.97. The largest absolute Gasteiger partial charge is 0.370 e. The lowest BCUT2D eigenvalue weighted by atomic mass is 10.1. The maximum atomic E-state index is 4.67. The molecule has 1 N–H and O–H groups in total. The summed E-state index contributed by atoms with van der Waals surface area (Å²) in [4.78, 5) is 9.22. The molecule has 0 radical (unpaired) electrons. The Labute approximate surface area is 122 Å². The highest BCUT2D eigenvalue weighted by atomic mass is 79.9. The zero-order valence-corrected chi connectivity index (χ0v) is 13.1. The summed E-state index contributed by atoms with van der Waals surface area (Å²) in [5, 5.41) is 3.31. The van der Waals surface area contributed by atoms with Crippen molar-refractivity contribution in [2.45, 2.75) is 27.2 Å². The summed E-state index contributed by atoms with van der Waals surface area (Å²) in [5.41, 5.74) is 3.23. The molecule has 0 aliphatic heterocycles. The van der Waals surface area contributed by atoms with Gasteiger partial charge < -0.3 is 5.32 Å². The van der Waals surface area contributed by atoms with Gasteiger partial charge in [0.25, 0.3) is 0 Å². The minimum absolute atomic E-state index is 0.836. The number of nitrogens with zero attached hydrogens (tertiary/aromatic N) is 2. The van der Waals surface area contributed by atoms with Crippen LogP contribution in [-0.2, 0) is 6.42 Å². The fourth-order valence-electron chi connectivity index (χ4n) is 1.95. The van der Waals surface area contributed by atoms with Crippen molar-refractivity contribution in [1.82, 2.24) is 9.97 Å². The number of anilines is 1. The Bertz CT molecular complexity index is 564. The van der Waals surface area contributed by atoms with E-state index in [2.05, 4.69) is 64.1 Å². The van der Waals surface area contributed by atoms with Crippen molar-refractivity contribution in [1.29, 1.82) is 0 Å². The SMILES string of the molecule is CCNc1nc(CC)nc(-c2ccc(Br)cc2)c1C. The van der Waals surface area contributed by atoms with Gasteiger partial charge >= 0.3 is 0 Å². The Morgan fingerprint density at radius 1 is 1.11 bits per heavy atom. The molecule has 2 aromatic rings. The smallest absolute Gasteiger partial charge is 0.133 e. The summed E-state index contributed by atoms with van der Waals surface area (Å²) in [7, 11) is 0. The Kier molecular flexibility index (Phi) is 4.53. The molecule has 1 aromatic carbocycles. The Morgan fingerprint density at radius 3 is 2.37 bits per heavy atom. The maximum Gasteiger partial charge on any atom is 0.133 e. The van der Waals surface area contributed by atoms with E-state index >= 15 is 0 Å². The molecular weight excluding hydrogens is 302 g/mol. The van der Waals surface area contributed by atoms with Gasteiger partial charge in [0.2, 0.25) is 0 Å². The number of benzene rings is 1. The second kappa shape index (κ2) is 6.15. The molecule has 0 aliphatic carbocycles. The van der Waals surface area contributed by atoms with E-state index in [-0.39, 0.29) is 0 Å². The van der Waals surface area contributed by atoms with E-state index in [1.165, 1.54) is 0 Å². The van der Waals surface area contributed by atoms with E-state index < -0.39 is 0 Å². The highest BCUT2D eigenvalue weighted by molar-refractivity contribution is 9.10. The Morgan fingerprint density at radius 2 is 1.79 bits per heavy atom. The van der Waals surface area contributed by atoms with Gasteiger partial charge in [-0.15, -0.1) is 0 Å². The lowest BCUT2D eigenvalue weighted by Gasteiger charge is -2.13. The van der Waals surface area contributed by atoms with Crippen LogP contribution >= 0.6 is 15.9 Å². The minimum Gasteiger partial charge on any atom is -0.370 e. The third-order valence-corrected chi connectivity index (χ3v) is 3.50. The van der Waals surface area contributed by atoms with Gasteiger partial charge in [0, 0.05) is 28.6 Å². The molecule has 0 aliphatic rings. The van der Waals surface area contributed by atoms with E-state index in [9.17, 15) is 0 Å². The monoisotopic (exact) mass is 319 g/mol. The molecule has 0 bridgehead atoms. The van der Waals surface area contributed by atoms with Crippen molar-refractivity contribution in [3.8, 4) is 11.3 Å². The van der Waals surface area contributed by atoms with Gasteiger partial charge in [-0.3, -0.25) is 0 Å². The van der Waals surface area contributed by atoms with E-state index in [0.29, 0.717) is 0 Å². The number of halogens is 1. The molecule has 4 heteroatoms. The number of aromatic nitrogens is 2. The van der Waals surface area contributed by atoms with Gasteiger partial charge in [-0.05, 0) is 26.0 Å². The van der Waals surface area contributed by atoms with Crippen LogP contribution < -0.4 is 5.32 Å². The molecular formula is C15H18BrN3. The van der Waals surface area contributed by atoms with E-state index in [4.69, 9.17) is 0 Å². The summed E-state index contributed by atoms with van der Waals surface area (Å²) >= 11 is 3.46. The molecule has 100 valence electrons. The lowest BCUT2D eigenvalue weighted by molar-refractivity contribution is 0.930. The summed E-state index contributed by atoms with van der Waals surface area (Å²) in [5.74, 6) is 1.81. The molecule has 19 heavy (non-hydrogen) atoms. The van der Waals surface area contributed by atoms with Crippen LogP contribution in [0.2, 0.25) is 0 Å². The second-order valence-corrected chi connectivity index (χ2v) is 5.27. The molecule has 0 amide bonds. The summed E-state index contributed by atoms with van der Waals surface area (Å²) in [6.45, 7) is 7.08. The summed E-state index contributed by atoms with van der Waals surface area (Å²) in [6, 6.07) is 8.23. The maximum absolute atomic E-state index is 4.67. The average Bonchev–Trinajstić information content (AvgIpc) is 2.42. The fourth-order valence-corrected chi connectivity index (χ4v) is 2.21. The highest BCUT2D eigenvalue weighted by Crippen LogP contribution is 2.27. The highest BCUT2D eigenvalue weighted by Gasteiger charge is 2.11. The topological polar surface area (TPSA) is 37.8 Å². The zero-order valence-electron chi connectivity index (χ0n) is 11.5. The lowest BCUT2D eigenvalue weighted by Crippen LogP contribution is -2.07. The van der Waals surface area contributed by atoms with Gasteiger partial charge in [0.05, 0.1) is 5.69 Å². The summed E-state index contributed by atoms with van der Waals surface area (Å²) < 4.78 is 1.07. The summed E-state index contributed by atoms with van der Waals surface area (Å²) in [6.07, 6.45) is 0.836. The first-order chi connectivity index (χ1) is 9.15. The first-order valence-electron chi connectivity index (χ1n) is 6.53. The third kappa shape index (κ3) is 3.13. The zero-order chi connectivity index (χ0) is 13.8. The standard InChI is InChI=1S/C15H18BrN3/c1-4-13-18-14(10(3)15(19-13)17-5-2)11-6-8-12(16)9-7-11/h6-9H,4-5H2,1-3H3,(H,17,18,19). The van der Waals surface area contributed by atoms with Crippen LogP contribution in [0.25, 0.3) is 11.3 Å². The van der Waals surface area contributed by atoms with Crippen molar-refractivity contribution in [3.63, 3.8) is 0 Å². The molecule has 1 heterocycles. The van der Waals surface area contributed by atoms with Crippen LogP contribution in [0.5, 0.6) is 0 Å². The fraction of sp³-hybridized carbons (Fsp3) is 0.333. The van der Waals surface area contributed by atoms with Crippen molar-refractivity contribution in [2.24, 2.45) is 0 Å². The van der Waals surface area contributed by atoms with Crippen LogP contribution in [0.1, 0.15) is 25.2 Å². The van der Waals surface area contributed by atoms with Gasteiger partial charge in [0.15, 0.2) is 0 Å². The van der Waals surface area contributed by atoms with Gasteiger partial charge in [0.1, 0.15) is 11.6 Å². The predicted molar refractivity (Wildman–Crippen MR) is 83.4 cm³/mol. The van der Waals surface area contributed by atoms with Crippen molar-refractivity contribution in [3.05, 3.63) is 40.1 Å². The Balaban J connectivity index is 2.54. The van der Waals surface area contributed by atoms with Gasteiger partial charge in [-0.1, -0.05) is 35.0 Å². The number of hydrogen-bond donors (Lipinski definition) is 1. The normalized spacial score (nSPS) is 10.5. The van der Waals surface area contributed by atoms with Crippen molar-refractivity contribution < 1.29 is 0 Å². The van der Waals surface area contributed by atoms with E-state index in [0.717, 1.165) is 45.9 Å². The predicted octanol–water partition coefficient (Wildman–Crippen LogP) is 4.21. The van der Waals surface area contributed by atoms with E-state index in [1.54, 1.807) is 0 Å². The van der Waals surface area contributed by atoms with Crippen LogP contribution in [-0.4, -0.2) is 16.5 Å². The molecule has 1 aromatic heterocycles. The minimum atomic E-state index is 0.836. The second-order valence-electron chi connectivity index (χ2n) is 4.35. The molecule has 0 unspecified atom stereocenters. The molecule has 0 fully saturated rings. The number of hydrogen-bond acceptors (Lipinski definition) is 3. The van der Waals surface area contributed by atoms with Crippen molar-refractivity contribution in [2.75, 3.05) is 11.9 Å². The van der Waals surface area contributed by atoms with Crippen LogP contribution in [0.3, 0.4) is 0 Å². The van der Waals surface area contributed by atoms with Gasteiger partial charge in [-0.25, -0.2) is 9.97 Å². The Hall–Kier alpha value is -1.42. The molecule has 0 atom stereocenters. The number of aryl methyl sites for hydroxylation is 1. The van der Waals surface area contributed by atoms with E-state index in [1.807, 2.05) is 12.1 Å². The molecule has 0 saturated carbocycles. The van der Waals surface area contributed by atoms with Gasteiger partial charge in [-0.2, -0.15) is 0 Å². The molecule has 3 nitrogen and oxygen atoms in total. The first kappa shape index (κ1) is 14.0. The number of rotatable bonds is 4. The van der Waals surface area contributed by atoms with Crippen LogP contribution in [0.4, 0.5) is 5.82 Å². The van der Waals surface area contributed by atoms with Crippen LogP contribution in [0.15, 0.2) is 28.7 Å². The first-order valence-corrected chi connectivity index (χ1v) is 7.32. The molecule has 2 rings (SSSR count). The van der Waals surface area contributed by atoms with Crippen LogP contribution in [0, 0.1) is 6.92 Å². The molecule has 0 saturated heterocycles. The quantitative estimate of drug-likeness (QED) is 0.917. The molecule has 0 spiro atoms. The average molecular weight is 320 g/mol. The van der Waals surface area contributed by atoms with Crippen molar-refractivity contribution >= 4 is 21.7 Å². The number of nitrogens with one attached hydrogen (secondary N) is 1.